The van der Waals surface area contributed by atoms with Gasteiger partial charge < -0.3 is 14.6 Å². The molecule has 3 aromatic rings. The van der Waals surface area contributed by atoms with Crippen molar-refractivity contribution in [2.45, 2.75) is 52.3 Å². The molecule has 5 rings (SSSR count). The van der Waals surface area contributed by atoms with Crippen molar-refractivity contribution in [1.82, 2.24) is 4.90 Å². The normalized spacial score (nSPS) is 20.5. The number of allylic oxidation sites excluding steroid dienone is 1. The molecule has 2 unspecified atom stereocenters. The third-order valence-corrected chi connectivity index (χ3v) is 7.98. The van der Waals surface area contributed by atoms with Crippen molar-refractivity contribution in [3.8, 4) is 17.2 Å². The number of likely N-dealkylation sites (tertiary alicyclic amines) is 1. The smallest absolute Gasteiger partial charge is 0.235 e. The monoisotopic (exact) mass is 524 g/mol. The molecule has 2 aliphatic heterocycles. The summed E-state index contributed by atoms with van der Waals surface area (Å²) in [6, 6.07) is 21.2. The number of carbonyl (C=O) groups excluding carboxylic acids is 1. The molecule has 4 atom stereocenters. The van der Waals surface area contributed by atoms with Crippen molar-refractivity contribution in [2.24, 2.45) is 10.9 Å². The molecule has 0 radical (unpaired) electrons. The van der Waals surface area contributed by atoms with E-state index in [2.05, 4.69) is 35.9 Å². The second-order valence-corrected chi connectivity index (χ2v) is 10.8. The summed E-state index contributed by atoms with van der Waals surface area (Å²) >= 11 is 0. The molecule has 1 saturated heterocycles. The third kappa shape index (κ3) is 5.63. The Hall–Kier alpha value is -3.86. The first-order chi connectivity index (χ1) is 18.9. The highest BCUT2D eigenvalue weighted by atomic mass is 16.5. The van der Waals surface area contributed by atoms with Gasteiger partial charge in [-0.2, -0.15) is 4.99 Å². The first-order valence-electron chi connectivity index (χ1n) is 13.7. The Morgan fingerprint density at radius 2 is 1.87 bits per heavy atom. The lowest BCUT2D eigenvalue weighted by atomic mass is 9.83. The fourth-order valence-corrected chi connectivity index (χ4v) is 5.71. The minimum absolute atomic E-state index is 0.181. The van der Waals surface area contributed by atoms with Crippen LogP contribution in [0.2, 0.25) is 0 Å². The molecule has 2 heterocycles. The Labute approximate surface area is 230 Å². The van der Waals surface area contributed by atoms with Gasteiger partial charge in [0.25, 0.3) is 0 Å². The van der Waals surface area contributed by atoms with Crippen LogP contribution < -0.4 is 9.47 Å². The number of hydrogen-bond donors (Lipinski definition) is 1. The molecule has 2 aliphatic rings. The van der Waals surface area contributed by atoms with Crippen LogP contribution in [0.1, 0.15) is 68.5 Å². The molecule has 0 amide bonds. The average Bonchev–Trinajstić information content (AvgIpc) is 3.39. The average molecular weight is 525 g/mol. The van der Waals surface area contributed by atoms with Gasteiger partial charge in [-0.15, -0.1) is 0 Å². The number of benzene rings is 3. The Balaban J connectivity index is 1.47. The van der Waals surface area contributed by atoms with E-state index in [0.717, 1.165) is 58.2 Å². The molecule has 0 aromatic heterocycles. The lowest BCUT2D eigenvalue weighted by Gasteiger charge is -2.32. The fraction of sp³-hybridized carbons (Fsp3) is 0.364. The number of nitrogens with zero attached hydrogens (tertiary/aromatic N) is 2. The lowest BCUT2D eigenvalue weighted by Crippen LogP contribution is -2.35. The summed E-state index contributed by atoms with van der Waals surface area (Å²) in [5.74, 6) is 2.47. The zero-order valence-electron chi connectivity index (χ0n) is 23.1. The highest BCUT2D eigenvalue weighted by Gasteiger charge is 2.31. The molecule has 1 fully saturated rings. The van der Waals surface area contributed by atoms with Gasteiger partial charge in [0.05, 0.1) is 6.04 Å². The Morgan fingerprint density at radius 1 is 1.10 bits per heavy atom. The van der Waals surface area contributed by atoms with E-state index in [1.54, 1.807) is 24.3 Å². The number of phenolic OH excluding ortho intramolecular Hbond substituents is 1. The minimum Gasteiger partial charge on any atom is -0.508 e. The van der Waals surface area contributed by atoms with Gasteiger partial charge in [0.1, 0.15) is 30.0 Å². The Kier molecular flexibility index (Phi) is 7.87. The van der Waals surface area contributed by atoms with Crippen molar-refractivity contribution in [1.29, 1.82) is 0 Å². The number of isocyanates is 1. The van der Waals surface area contributed by atoms with Gasteiger partial charge in [-0.25, -0.2) is 4.79 Å². The lowest BCUT2D eigenvalue weighted by molar-refractivity contribution is 0.169. The van der Waals surface area contributed by atoms with Crippen LogP contribution >= 0.6 is 0 Å². The number of ether oxygens (including phenoxy) is 2. The summed E-state index contributed by atoms with van der Waals surface area (Å²) in [7, 11) is 0. The van der Waals surface area contributed by atoms with Crippen LogP contribution in [0.4, 0.5) is 0 Å². The van der Waals surface area contributed by atoms with E-state index < -0.39 is 6.10 Å². The van der Waals surface area contributed by atoms with Crippen molar-refractivity contribution in [3.05, 3.63) is 89.0 Å². The molecule has 6 nitrogen and oxygen atoms in total. The minimum atomic E-state index is -0.394. The molecule has 39 heavy (non-hydrogen) atoms. The van der Waals surface area contributed by atoms with Crippen LogP contribution in [0, 0.1) is 5.92 Å². The molecule has 0 aliphatic carbocycles. The molecule has 3 aromatic carbocycles. The van der Waals surface area contributed by atoms with E-state index in [1.165, 1.54) is 6.42 Å². The van der Waals surface area contributed by atoms with Gasteiger partial charge in [0, 0.05) is 23.7 Å². The van der Waals surface area contributed by atoms with Crippen molar-refractivity contribution >= 4 is 17.2 Å². The van der Waals surface area contributed by atoms with Crippen LogP contribution in [-0.2, 0) is 4.79 Å². The second-order valence-electron chi connectivity index (χ2n) is 10.8. The third-order valence-electron chi connectivity index (χ3n) is 7.98. The fourth-order valence-electron chi connectivity index (χ4n) is 5.71. The van der Waals surface area contributed by atoms with Gasteiger partial charge in [-0.1, -0.05) is 43.3 Å². The van der Waals surface area contributed by atoms with Crippen LogP contribution in [0.25, 0.3) is 11.1 Å². The number of aromatic hydroxyl groups is 1. The standard InChI is InChI=1S/C33H36N2O4/c1-21-15-16-35(18-21)22(2)19-38-27-12-9-25(10-13-27)33-32(23(3)30-17-26(37)11-14-31(30)39-33)29-8-6-5-7-28(29)24(4)34-20-36/h5-14,17,21-22,24,33,37H,15-16,18-19H2,1-4H3/t21-,22+,24?,33?/m1/s1. The molecule has 1 N–H and O–H groups in total. The molecular weight excluding hydrogens is 488 g/mol. The predicted molar refractivity (Wildman–Crippen MR) is 154 cm³/mol. The van der Waals surface area contributed by atoms with E-state index in [0.29, 0.717) is 18.4 Å². The van der Waals surface area contributed by atoms with E-state index in [4.69, 9.17) is 9.47 Å². The first-order valence-corrected chi connectivity index (χ1v) is 13.7. The summed E-state index contributed by atoms with van der Waals surface area (Å²) < 4.78 is 12.8. The largest absolute Gasteiger partial charge is 0.508 e. The maximum Gasteiger partial charge on any atom is 0.235 e. The quantitative estimate of drug-likeness (QED) is 0.255. The Bertz CT molecular complexity index is 1410. The summed E-state index contributed by atoms with van der Waals surface area (Å²) in [4.78, 5) is 17.6. The van der Waals surface area contributed by atoms with E-state index in [9.17, 15) is 9.90 Å². The molecular formula is C33H36N2O4. The van der Waals surface area contributed by atoms with Gasteiger partial charge >= 0.3 is 0 Å². The summed E-state index contributed by atoms with van der Waals surface area (Å²) in [5, 5.41) is 10.2. The highest BCUT2D eigenvalue weighted by molar-refractivity contribution is 5.96. The SMILES string of the molecule is CC1=C(c2ccccc2C(C)N=C=O)C(c2ccc(OC[C@H](C)N3CC[C@@H](C)C3)cc2)Oc2ccc(O)cc21. The summed E-state index contributed by atoms with van der Waals surface area (Å²) in [6.45, 7) is 11.4. The Morgan fingerprint density at radius 3 is 2.59 bits per heavy atom. The van der Waals surface area contributed by atoms with Gasteiger partial charge in [0.15, 0.2) is 0 Å². The second kappa shape index (κ2) is 11.5. The van der Waals surface area contributed by atoms with Crippen molar-refractivity contribution in [3.63, 3.8) is 0 Å². The molecule has 0 saturated carbocycles. The van der Waals surface area contributed by atoms with Crippen molar-refractivity contribution in [2.75, 3.05) is 19.7 Å². The van der Waals surface area contributed by atoms with Gasteiger partial charge in [-0.05, 0) is 92.2 Å². The number of phenols is 1. The van der Waals surface area contributed by atoms with Crippen LogP contribution in [0.3, 0.4) is 0 Å². The van der Waals surface area contributed by atoms with E-state index >= 15 is 0 Å². The van der Waals surface area contributed by atoms with E-state index in [-0.39, 0.29) is 11.8 Å². The van der Waals surface area contributed by atoms with Crippen LogP contribution in [0.15, 0.2) is 71.7 Å². The molecule has 202 valence electrons. The van der Waals surface area contributed by atoms with Gasteiger partial charge in [0.2, 0.25) is 6.08 Å². The van der Waals surface area contributed by atoms with Crippen LogP contribution in [-0.4, -0.2) is 41.8 Å². The van der Waals surface area contributed by atoms with E-state index in [1.807, 2.05) is 50.2 Å². The van der Waals surface area contributed by atoms with Gasteiger partial charge in [-0.3, -0.25) is 4.90 Å². The van der Waals surface area contributed by atoms with Crippen LogP contribution in [0.5, 0.6) is 17.2 Å². The predicted octanol–water partition coefficient (Wildman–Crippen LogP) is 6.96. The molecule has 6 heteroatoms. The number of fused-ring (bicyclic) bond motifs is 1. The first kappa shape index (κ1) is 26.7. The zero-order chi connectivity index (χ0) is 27.5. The molecule has 0 bridgehead atoms. The maximum atomic E-state index is 11.1. The summed E-state index contributed by atoms with van der Waals surface area (Å²) in [5.41, 5.74) is 5.67. The van der Waals surface area contributed by atoms with Crippen molar-refractivity contribution < 1.29 is 19.4 Å². The highest BCUT2D eigenvalue weighted by Crippen LogP contribution is 2.48. The maximum absolute atomic E-state index is 11.1. The number of aliphatic imine (C=N–C) groups is 1. The number of rotatable bonds is 8. The molecule has 0 spiro atoms. The zero-order valence-corrected chi connectivity index (χ0v) is 23.1. The summed E-state index contributed by atoms with van der Waals surface area (Å²) in [6.07, 6.45) is 2.55. The topological polar surface area (TPSA) is 71.4 Å². The number of hydrogen-bond acceptors (Lipinski definition) is 6.